The lowest BCUT2D eigenvalue weighted by molar-refractivity contribution is -0.113. The van der Waals surface area contributed by atoms with E-state index in [0.717, 1.165) is 17.0 Å². The van der Waals surface area contributed by atoms with Gasteiger partial charge in [0.25, 0.3) is 0 Å². The summed E-state index contributed by atoms with van der Waals surface area (Å²) in [5.41, 5.74) is 2.71. The molecule has 3 heteroatoms. The molecule has 17 heavy (non-hydrogen) atoms. The molecule has 2 nitrogen and oxygen atoms in total. The second kappa shape index (κ2) is 4.00. The zero-order valence-electron chi connectivity index (χ0n) is 9.38. The van der Waals surface area contributed by atoms with Crippen LogP contribution in [0.15, 0.2) is 58.0 Å². The second-order valence-corrected chi connectivity index (χ2v) is 5.24. The fourth-order valence-corrected chi connectivity index (χ4v) is 2.98. The Balaban J connectivity index is 2.07. The highest BCUT2D eigenvalue weighted by atomic mass is 32.2. The van der Waals surface area contributed by atoms with Crippen molar-refractivity contribution in [1.82, 2.24) is 0 Å². The number of para-hydroxylation sites is 1. The SMILES string of the molecule is CC(=O)C1=CC2=Nc3ccccc3SC2C=C1. The third-order valence-corrected chi connectivity index (χ3v) is 4.07. The Morgan fingerprint density at radius 2 is 2.18 bits per heavy atom. The lowest BCUT2D eigenvalue weighted by atomic mass is 10.0. The number of ketones is 1. The highest BCUT2D eigenvalue weighted by Crippen LogP contribution is 2.39. The van der Waals surface area contributed by atoms with Crippen LogP contribution in [0.2, 0.25) is 0 Å². The van der Waals surface area contributed by atoms with E-state index in [-0.39, 0.29) is 11.0 Å². The minimum absolute atomic E-state index is 0.0891. The molecule has 84 valence electrons. The highest BCUT2D eigenvalue weighted by Gasteiger charge is 2.23. The summed E-state index contributed by atoms with van der Waals surface area (Å²) in [7, 11) is 0. The number of carbonyl (C=O) groups is 1. The molecule has 0 spiro atoms. The summed E-state index contributed by atoms with van der Waals surface area (Å²) in [5, 5.41) is 0.244. The highest BCUT2D eigenvalue weighted by molar-refractivity contribution is 8.01. The van der Waals surface area contributed by atoms with Crippen LogP contribution in [0.4, 0.5) is 5.69 Å². The fraction of sp³-hybridized carbons (Fsp3) is 0.143. The van der Waals surface area contributed by atoms with E-state index in [1.54, 1.807) is 18.7 Å². The third kappa shape index (κ3) is 1.87. The summed E-state index contributed by atoms with van der Waals surface area (Å²) in [6.45, 7) is 1.58. The summed E-state index contributed by atoms with van der Waals surface area (Å²) >= 11 is 1.78. The first-order valence-corrected chi connectivity index (χ1v) is 6.37. The molecule has 1 atom stereocenters. The topological polar surface area (TPSA) is 29.4 Å². The number of benzene rings is 1. The van der Waals surface area contributed by atoms with Gasteiger partial charge in [-0.3, -0.25) is 9.79 Å². The van der Waals surface area contributed by atoms with Gasteiger partial charge in [0.05, 0.1) is 16.6 Å². The van der Waals surface area contributed by atoms with Crippen molar-refractivity contribution >= 4 is 28.9 Å². The zero-order valence-corrected chi connectivity index (χ0v) is 10.2. The van der Waals surface area contributed by atoms with Gasteiger partial charge >= 0.3 is 0 Å². The number of nitrogens with zero attached hydrogens (tertiary/aromatic N) is 1. The summed E-state index contributed by atoms with van der Waals surface area (Å²) in [5.74, 6) is 0.0891. The molecule has 0 radical (unpaired) electrons. The van der Waals surface area contributed by atoms with E-state index in [2.05, 4.69) is 17.1 Å². The predicted octanol–water partition coefficient (Wildman–Crippen LogP) is 3.32. The minimum atomic E-state index is 0.0891. The lowest BCUT2D eigenvalue weighted by Crippen LogP contribution is -2.19. The van der Waals surface area contributed by atoms with Crippen LogP contribution < -0.4 is 0 Å². The second-order valence-electron chi connectivity index (χ2n) is 4.06. The summed E-state index contributed by atoms with van der Waals surface area (Å²) in [4.78, 5) is 17.2. The Labute approximate surface area is 104 Å². The Morgan fingerprint density at radius 3 is 3.00 bits per heavy atom. The number of carbonyl (C=O) groups excluding carboxylic acids is 1. The van der Waals surface area contributed by atoms with Gasteiger partial charge in [0.2, 0.25) is 0 Å². The maximum atomic E-state index is 11.3. The molecule has 0 aromatic heterocycles. The first-order valence-electron chi connectivity index (χ1n) is 5.49. The van der Waals surface area contributed by atoms with E-state index in [9.17, 15) is 4.79 Å². The average Bonchev–Trinajstić information content (AvgIpc) is 2.35. The van der Waals surface area contributed by atoms with Crippen LogP contribution in [0.3, 0.4) is 0 Å². The Kier molecular flexibility index (Phi) is 2.48. The van der Waals surface area contributed by atoms with Gasteiger partial charge in [0, 0.05) is 10.5 Å². The van der Waals surface area contributed by atoms with Crippen LogP contribution in [-0.2, 0) is 4.79 Å². The van der Waals surface area contributed by atoms with Gasteiger partial charge in [0.15, 0.2) is 5.78 Å². The van der Waals surface area contributed by atoms with Crippen molar-refractivity contribution in [3.8, 4) is 0 Å². The van der Waals surface area contributed by atoms with E-state index in [1.165, 1.54) is 4.90 Å². The van der Waals surface area contributed by atoms with Crippen molar-refractivity contribution < 1.29 is 4.79 Å². The molecule has 1 heterocycles. The maximum absolute atomic E-state index is 11.3. The standard InChI is InChI=1S/C14H11NOS/c1-9(16)10-6-7-14-12(8-10)15-11-4-2-3-5-13(11)17-14/h2-8,14H,1H3. The third-order valence-electron chi connectivity index (χ3n) is 2.82. The van der Waals surface area contributed by atoms with Gasteiger partial charge in [-0.2, -0.15) is 0 Å². The largest absolute Gasteiger partial charge is 0.295 e. The summed E-state index contributed by atoms with van der Waals surface area (Å²) in [6, 6.07) is 8.09. The molecule has 0 bridgehead atoms. The molecule has 0 N–H and O–H groups in total. The summed E-state index contributed by atoms with van der Waals surface area (Å²) in [6.07, 6.45) is 5.85. The molecule has 1 unspecified atom stereocenters. The normalized spacial score (nSPS) is 21.1. The molecule has 1 aliphatic heterocycles. The average molecular weight is 241 g/mol. The van der Waals surface area contributed by atoms with E-state index in [0.29, 0.717) is 0 Å². The molecule has 1 aromatic carbocycles. The number of allylic oxidation sites excluding steroid dienone is 3. The Morgan fingerprint density at radius 1 is 1.35 bits per heavy atom. The molecular formula is C14H11NOS. The number of aliphatic imine (C=N–C) groups is 1. The molecule has 1 aliphatic carbocycles. The Bertz CT molecular complexity index is 584. The van der Waals surface area contributed by atoms with Crippen molar-refractivity contribution in [2.45, 2.75) is 17.1 Å². The first-order chi connectivity index (χ1) is 8.24. The van der Waals surface area contributed by atoms with Crippen molar-refractivity contribution in [2.24, 2.45) is 4.99 Å². The van der Waals surface area contributed by atoms with E-state index in [4.69, 9.17) is 0 Å². The van der Waals surface area contributed by atoms with Crippen molar-refractivity contribution in [3.63, 3.8) is 0 Å². The fourth-order valence-electron chi connectivity index (χ4n) is 1.92. The van der Waals surface area contributed by atoms with Gasteiger partial charge in [-0.05, 0) is 25.1 Å². The quantitative estimate of drug-likeness (QED) is 0.754. The molecule has 0 amide bonds. The van der Waals surface area contributed by atoms with Crippen LogP contribution in [0.25, 0.3) is 0 Å². The number of fused-ring (bicyclic) bond motifs is 2. The molecule has 0 saturated heterocycles. The van der Waals surface area contributed by atoms with Crippen LogP contribution >= 0.6 is 11.8 Å². The van der Waals surface area contributed by atoms with Crippen LogP contribution in [0.1, 0.15) is 6.92 Å². The van der Waals surface area contributed by atoms with Gasteiger partial charge in [0.1, 0.15) is 0 Å². The minimum Gasteiger partial charge on any atom is -0.295 e. The molecule has 3 rings (SSSR count). The molecule has 0 fully saturated rings. The van der Waals surface area contributed by atoms with E-state index < -0.39 is 0 Å². The van der Waals surface area contributed by atoms with E-state index in [1.807, 2.05) is 30.4 Å². The Hall–Kier alpha value is -1.61. The molecular weight excluding hydrogens is 230 g/mol. The van der Waals surface area contributed by atoms with Crippen molar-refractivity contribution in [3.05, 3.63) is 48.1 Å². The summed E-state index contributed by atoms with van der Waals surface area (Å²) < 4.78 is 0. The zero-order chi connectivity index (χ0) is 11.8. The van der Waals surface area contributed by atoms with E-state index >= 15 is 0 Å². The predicted molar refractivity (Wildman–Crippen MR) is 71.1 cm³/mol. The van der Waals surface area contributed by atoms with Gasteiger partial charge in [-0.1, -0.05) is 24.3 Å². The van der Waals surface area contributed by atoms with Crippen LogP contribution in [0.5, 0.6) is 0 Å². The van der Waals surface area contributed by atoms with Crippen molar-refractivity contribution in [2.75, 3.05) is 0 Å². The molecule has 1 aromatic rings. The lowest BCUT2D eigenvalue weighted by Gasteiger charge is -2.22. The number of hydrogen-bond donors (Lipinski definition) is 0. The van der Waals surface area contributed by atoms with Crippen LogP contribution in [-0.4, -0.2) is 16.7 Å². The molecule has 0 saturated carbocycles. The number of hydrogen-bond acceptors (Lipinski definition) is 3. The maximum Gasteiger partial charge on any atom is 0.159 e. The first kappa shape index (κ1) is 10.5. The van der Waals surface area contributed by atoms with Gasteiger partial charge < -0.3 is 0 Å². The number of Topliss-reactive ketones (excluding diaryl/α,β-unsaturated/α-hetero) is 1. The number of rotatable bonds is 1. The van der Waals surface area contributed by atoms with Gasteiger partial charge in [-0.15, -0.1) is 11.8 Å². The smallest absolute Gasteiger partial charge is 0.159 e. The monoisotopic (exact) mass is 241 g/mol. The van der Waals surface area contributed by atoms with Gasteiger partial charge in [-0.25, -0.2) is 0 Å². The molecule has 2 aliphatic rings. The van der Waals surface area contributed by atoms with Crippen molar-refractivity contribution in [1.29, 1.82) is 0 Å². The van der Waals surface area contributed by atoms with Crippen LogP contribution in [0, 0.1) is 0 Å². The number of thioether (sulfide) groups is 1.